The van der Waals surface area contributed by atoms with Crippen molar-refractivity contribution in [3.63, 3.8) is 0 Å². The van der Waals surface area contributed by atoms with Crippen molar-refractivity contribution in [2.24, 2.45) is 0 Å². The molecular formula is C16H23ClO4. The number of hydrogen-bond acceptors (Lipinski definition) is 3. The van der Waals surface area contributed by atoms with Crippen molar-refractivity contribution < 1.29 is 19.4 Å². The Balaban J connectivity index is 2.52. The molecule has 0 unspecified atom stereocenters. The quantitative estimate of drug-likeness (QED) is 0.631. The third-order valence-corrected chi connectivity index (χ3v) is 3.50. The number of methoxy groups -OCH3 is 1. The molecule has 0 amide bonds. The van der Waals surface area contributed by atoms with Gasteiger partial charge >= 0.3 is 5.97 Å². The monoisotopic (exact) mass is 314 g/mol. The molecule has 0 aliphatic rings. The van der Waals surface area contributed by atoms with Gasteiger partial charge in [0.15, 0.2) is 11.5 Å². The van der Waals surface area contributed by atoms with Gasteiger partial charge in [0.1, 0.15) is 0 Å². The van der Waals surface area contributed by atoms with Gasteiger partial charge in [0.05, 0.1) is 24.3 Å². The zero-order chi connectivity index (χ0) is 15.7. The summed E-state index contributed by atoms with van der Waals surface area (Å²) >= 11 is 6.07. The minimum absolute atomic E-state index is 0.0868. The second kappa shape index (κ2) is 9.50. The number of carboxylic acids is 1. The minimum atomic E-state index is -1.04. The van der Waals surface area contributed by atoms with E-state index < -0.39 is 5.97 Å². The largest absolute Gasteiger partial charge is 0.493 e. The summed E-state index contributed by atoms with van der Waals surface area (Å²) in [6.07, 6.45) is 7.04. The van der Waals surface area contributed by atoms with Crippen LogP contribution in [0.15, 0.2) is 12.1 Å². The van der Waals surface area contributed by atoms with Crippen molar-refractivity contribution in [1.29, 1.82) is 0 Å². The molecule has 0 aliphatic heterocycles. The minimum Gasteiger partial charge on any atom is -0.493 e. The first kappa shape index (κ1) is 17.6. The van der Waals surface area contributed by atoms with E-state index in [4.69, 9.17) is 26.2 Å². The molecule has 0 heterocycles. The predicted octanol–water partition coefficient (Wildman–Crippen LogP) is 4.79. The van der Waals surface area contributed by atoms with Crippen LogP contribution >= 0.6 is 11.6 Å². The summed E-state index contributed by atoms with van der Waals surface area (Å²) in [6, 6.07) is 2.80. The summed E-state index contributed by atoms with van der Waals surface area (Å²) in [5.74, 6) is -0.277. The zero-order valence-electron chi connectivity index (χ0n) is 12.7. The Labute approximate surface area is 131 Å². The van der Waals surface area contributed by atoms with Crippen LogP contribution in [0.2, 0.25) is 5.02 Å². The van der Waals surface area contributed by atoms with Crippen LogP contribution in [0.1, 0.15) is 55.8 Å². The summed E-state index contributed by atoms with van der Waals surface area (Å²) in [6.45, 7) is 2.74. The molecule has 1 rings (SSSR count). The van der Waals surface area contributed by atoms with E-state index >= 15 is 0 Å². The number of aromatic carboxylic acids is 1. The highest BCUT2D eigenvalue weighted by atomic mass is 35.5. The van der Waals surface area contributed by atoms with Gasteiger partial charge in [-0.25, -0.2) is 4.79 Å². The first-order valence-corrected chi connectivity index (χ1v) is 7.71. The lowest BCUT2D eigenvalue weighted by Gasteiger charge is -2.13. The van der Waals surface area contributed by atoms with E-state index in [1.54, 1.807) is 0 Å². The van der Waals surface area contributed by atoms with Gasteiger partial charge in [-0.3, -0.25) is 0 Å². The second-order valence-electron chi connectivity index (χ2n) is 4.91. The second-order valence-corrected chi connectivity index (χ2v) is 5.32. The maximum Gasteiger partial charge on any atom is 0.335 e. The Kier molecular flexibility index (Phi) is 7.98. The highest BCUT2D eigenvalue weighted by Crippen LogP contribution is 2.36. The first-order chi connectivity index (χ1) is 10.1. The van der Waals surface area contributed by atoms with Crippen LogP contribution in [0.5, 0.6) is 11.5 Å². The molecule has 0 aromatic heterocycles. The molecule has 0 saturated heterocycles. The lowest BCUT2D eigenvalue weighted by atomic mass is 10.1. The molecular weight excluding hydrogens is 292 g/mol. The van der Waals surface area contributed by atoms with Crippen LogP contribution in [0.3, 0.4) is 0 Å². The van der Waals surface area contributed by atoms with E-state index in [1.165, 1.54) is 44.9 Å². The number of carboxylic acid groups (broad SMARTS) is 1. The molecule has 118 valence electrons. The fourth-order valence-corrected chi connectivity index (χ4v) is 2.31. The van der Waals surface area contributed by atoms with Crippen LogP contribution in [0, 0.1) is 0 Å². The Hall–Kier alpha value is -1.42. The number of ether oxygens (including phenoxy) is 2. The summed E-state index contributed by atoms with van der Waals surface area (Å²) in [5, 5.41) is 9.24. The average Bonchev–Trinajstić information content (AvgIpc) is 2.46. The molecule has 0 radical (unpaired) electrons. The van der Waals surface area contributed by atoms with E-state index in [9.17, 15) is 4.79 Å². The Morgan fingerprint density at radius 3 is 2.48 bits per heavy atom. The van der Waals surface area contributed by atoms with Gasteiger partial charge in [0, 0.05) is 0 Å². The maximum absolute atomic E-state index is 11.0. The van der Waals surface area contributed by atoms with Crippen molar-refractivity contribution in [2.75, 3.05) is 13.7 Å². The van der Waals surface area contributed by atoms with Gasteiger partial charge in [-0.15, -0.1) is 0 Å². The van der Waals surface area contributed by atoms with Crippen LogP contribution < -0.4 is 9.47 Å². The molecule has 1 aromatic carbocycles. The van der Waals surface area contributed by atoms with Gasteiger partial charge < -0.3 is 14.6 Å². The lowest BCUT2D eigenvalue weighted by Crippen LogP contribution is -2.03. The van der Waals surface area contributed by atoms with Crippen LogP contribution in [0.25, 0.3) is 0 Å². The molecule has 0 spiro atoms. The molecule has 0 saturated carbocycles. The van der Waals surface area contributed by atoms with Crippen molar-refractivity contribution in [3.8, 4) is 11.5 Å². The van der Waals surface area contributed by atoms with E-state index in [-0.39, 0.29) is 10.6 Å². The Bertz CT molecular complexity index is 460. The SMILES string of the molecule is CCCCCCCCOc1c(Cl)cc(C(=O)O)cc1OC. The highest BCUT2D eigenvalue weighted by molar-refractivity contribution is 6.32. The average molecular weight is 315 g/mol. The van der Waals surface area contributed by atoms with Crippen molar-refractivity contribution in [1.82, 2.24) is 0 Å². The summed E-state index contributed by atoms with van der Waals surface area (Å²) < 4.78 is 10.8. The van der Waals surface area contributed by atoms with Crippen molar-refractivity contribution in [3.05, 3.63) is 22.7 Å². The van der Waals surface area contributed by atoms with Crippen molar-refractivity contribution >= 4 is 17.6 Å². The fraction of sp³-hybridized carbons (Fsp3) is 0.562. The molecule has 0 atom stereocenters. The molecule has 0 aliphatic carbocycles. The Morgan fingerprint density at radius 2 is 1.86 bits per heavy atom. The van der Waals surface area contributed by atoms with E-state index in [1.807, 2.05) is 0 Å². The standard InChI is InChI=1S/C16H23ClO4/c1-3-4-5-6-7-8-9-21-15-13(17)10-12(16(18)19)11-14(15)20-2/h10-11H,3-9H2,1-2H3,(H,18,19). The lowest BCUT2D eigenvalue weighted by molar-refractivity contribution is 0.0696. The van der Waals surface area contributed by atoms with Gasteiger partial charge in [0.25, 0.3) is 0 Å². The third kappa shape index (κ3) is 5.84. The maximum atomic E-state index is 11.0. The molecule has 0 fully saturated rings. The fourth-order valence-electron chi connectivity index (χ4n) is 2.04. The smallest absolute Gasteiger partial charge is 0.335 e. The first-order valence-electron chi connectivity index (χ1n) is 7.33. The van der Waals surface area contributed by atoms with Gasteiger partial charge in [0.2, 0.25) is 0 Å². The van der Waals surface area contributed by atoms with Crippen LogP contribution in [0.4, 0.5) is 0 Å². The molecule has 4 nitrogen and oxygen atoms in total. The number of carbonyl (C=O) groups is 1. The van der Waals surface area contributed by atoms with E-state index in [0.717, 1.165) is 12.8 Å². The normalized spacial score (nSPS) is 10.4. The molecule has 5 heteroatoms. The number of halogens is 1. The van der Waals surface area contributed by atoms with Gasteiger partial charge in [-0.05, 0) is 18.6 Å². The molecule has 0 bridgehead atoms. The number of hydrogen-bond donors (Lipinski definition) is 1. The molecule has 1 aromatic rings. The zero-order valence-corrected chi connectivity index (χ0v) is 13.4. The number of rotatable bonds is 10. The molecule has 1 N–H and O–H groups in total. The number of benzene rings is 1. The van der Waals surface area contributed by atoms with E-state index in [2.05, 4.69) is 6.92 Å². The summed E-state index contributed by atoms with van der Waals surface area (Å²) in [5.41, 5.74) is 0.0868. The van der Waals surface area contributed by atoms with Crippen LogP contribution in [-0.2, 0) is 0 Å². The summed E-state index contributed by atoms with van der Waals surface area (Å²) in [7, 11) is 1.47. The summed E-state index contributed by atoms with van der Waals surface area (Å²) in [4.78, 5) is 11.0. The third-order valence-electron chi connectivity index (χ3n) is 3.22. The number of unbranched alkanes of at least 4 members (excludes halogenated alkanes) is 5. The predicted molar refractivity (Wildman–Crippen MR) is 83.8 cm³/mol. The topological polar surface area (TPSA) is 55.8 Å². The highest BCUT2D eigenvalue weighted by Gasteiger charge is 2.15. The van der Waals surface area contributed by atoms with Gasteiger partial charge in [-0.2, -0.15) is 0 Å². The van der Waals surface area contributed by atoms with Crippen LogP contribution in [-0.4, -0.2) is 24.8 Å². The van der Waals surface area contributed by atoms with Crippen molar-refractivity contribution in [2.45, 2.75) is 45.4 Å². The van der Waals surface area contributed by atoms with Gasteiger partial charge in [-0.1, -0.05) is 50.6 Å². The Morgan fingerprint density at radius 1 is 1.19 bits per heavy atom. The molecule has 21 heavy (non-hydrogen) atoms. The van der Waals surface area contributed by atoms with E-state index in [0.29, 0.717) is 18.1 Å².